The zero-order valence-corrected chi connectivity index (χ0v) is 10.3. The molecule has 0 radical (unpaired) electrons. The molecule has 0 aliphatic carbocycles. The summed E-state index contributed by atoms with van der Waals surface area (Å²) >= 11 is 0. The summed E-state index contributed by atoms with van der Waals surface area (Å²) in [6, 6.07) is 6.52. The molecule has 0 amide bonds. The maximum atomic E-state index is 12.6. The lowest BCUT2D eigenvalue weighted by atomic mass is 10.1. The van der Waals surface area contributed by atoms with Gasteiger partial charge in [-0.1, -0.05) is 6.07 Å². The highest BCUT2D eigenvalue weighted by Gasteiger charge is 2.34. The van der Waals surface area contributed by atoms with Gasteiger partial charge in [-0.05, 0) is 50.1 Å². The number of hydrogen-bond acceptors (Lipinski definition) is 1. The van der Waals surface area contributed by atoms with Crippen LogP contribution >= 0.6 is 0 Å². The average Bonchev–Trinajstić information content (AvgIpc) is 2.64. The Labute approximate surface area is 103 Å². The van der Waals surface area contributed by atoms with Gasteiger partial charge in [-0.15, -0.1) is 0 Å². The third kappa shape index (κ3) is 2.25. The van der Waals surface area contributed by atoms with Crippen LogP contribution in [0.4, 0.5) is 13.2 Å². The lowest BCUT2D eigenvalue weighted by Gasteiger charge is -2.07. The second-order valence-electron chi connectivity index (χ2n) is 4.35. The lowest BCUT2D eigenvalue weighted by molar-refractivity contribution is -0.141. The molecule has 0 bridgehead atoms. The lowest BCUT2D eigenvalue weighted by Crippen LogP contribution is -2.07. The predicted octanol–water partition coefficient (Wildman–Crippen LogP) is 3.82. The van der Waals surface area contributed by atoms with Crippen molar-refractivity contribution in [3.05, 3.63) is 46.8 Å². The molecule has 2 rings (SSSR count). The molecule has 0 unspecified atom stereocenters. The van der Waals surface area contributed by atoms with Crippen LogP contribution in [0.25, 0.3) is 5.69 Å². The van der Waals surface area contributed by atoms with Gasteiger partial charge in [-0.25, -0.2) is 4.68 Å². The highest BCUT2D eigenvalue weighted by Crippen LogP contribution is 2.29. The molecule has 0 atom stereocenters. The molecule has 0 saturated carbocycles. The van der Waals surface area contributed by atoms with E-state index >= 15 is 0 Å². The third-order valence-corrected chi connectivity index (χ3v) is 2.91. The zero-order chi connectivity index (χ0) is 13.5. The van der Waals surface area contributed by atoms with E-state index in [1.165, 1.54) is 4.68 Å². The van der Waals surface area contributed by atoms with E-state index in [1.807, 2.05) is 26.0 Å². The molecule has 0 aliphatic rings. The predicted molar refractivity (Wildman–Crippen MR) is 62.8 cm³/mol. The monoisotopic (exact) mass is 254 g/mol. The zero-order valence-electron chi connectivity index (χ0n) is 10.3. The van der Waals surface area contributed by atoms with E-state index in [4.69, 9.17) is 0 Å². The molecule has 1 aromatic carbocycles. The molecule has 5 heteroatoms. The number of aryl methyl sites for hydroxylation is 3. The second-order valence-corrected chi connectivity index (χ2v) is 4.35. The van der Waals surface area contributed by atoms with Crippen LogP contribution in [0.3, 0.4) is 0 Å². The van der Waals surface area contributed by atoms with Crippen LogP contribution in [0.1, 0.15) is 22.5 Å². The van der Waals surface area contributed by atoms with Crippen molar-refractivity contribution in [3.8, 4) is 5.69 Å². The van der Waals surface area contributed by atoms with E-state index in [-0.39, 0.29) is 0 Å². The second kappa shape index (κ2) is 4.15. The smallest absolute Gasteiger partial charge is 0.238 e. The summed E-state index contributed by atoms with van der Waals surface area (Å²) in [4.78, 5) is 0. The van der Waals surface area contributed by atoms with E-state index in [2.05, 4.69) is 5.10 Å². The van der Waals surface area contributed by atoms with Crippen LogP contribution in [-0.2, 0) is 6.18 Å². The molecule has 18 heavy (non-hydrogen) atoms. The van der Waals surface area contributed by atoms with Crippen molar-refractivity contribution < 1.29 is 13.2 Å². The molecule has 0 N–H and O–H groups in total. The molecular formula is C13H13F3N2. The van der Waals surface area contributed by atoms with Crippen LogP contribution in [0.15, 0.2) is 24.3 Å². The number of alkyl halides is 3. The standard InChI is InChI=1S/C13H13F3N2/c1-8-4-5-11(6-9(8)2)18-10(3)7-12(17-18)13(14,15)16/h4-7H,1-3H3. The molecule has 0 saturated heterocycles. The van der Waals surface area contributed by atoms with Gasteiger partial charge in [0, 0.05) is 5.69 Å². The molecule has 0 aliphatic heterocycles. The fourth-order valence-electron chi connectivity index (χ4n) is 1.73. The first-order valence-electron chi connectivity index (χ1n) is 5.50. The first kappa shape index (κ1) is 12.7. The molecule has 0 fully saturated rings. The third-order valence-electron chi connectivity index (χ3n) is 2.91. The van der Waals surface area contributed by atoms with Gasteiger partial charge >= 0.3 is 6.18 Å². The van der Waals surface area contributed by atoms with E-state index in [1.54, 1.807) is 13.0 Å². The Morgan fingerprint density at radius 3 is 2.17 bits per heavy atom. The van der Waals surface area contributed by atoms with E-state index in [0.29, 0.717) is 11.4 Å². The summed E-state index contributed by atoms with van der Waals surface area (Å²) in [7, 11) is 0. The van der Waals surface area contributed by atoms with Crippen molar-refractivity contribution in [1.82, 2.24) is 9.78 Å². The van der Waals surface area contributed by atoms with Crippen molar-refractivity contribution in [3.63, 3.8) is 0 Å². The van der Waals surface area contributed by atoms with Crippen LogP contribution < -0.4 is 0 Å². The normalized spacial score (nSPS) is 11.9. The average molecular weight is 254 g/mol. The first-order valence-corrected chi connectivity index (χ1v) is 5.50. The Kier molecular flexibility index (Phi) is 2.92. The van der Waals surface area contributed by atoms with Gasteiger partial charge in [0.25, 0.3) is 0 Å². The largest absolute Gasteiger partial charge is 0.435 e. The highest BCUT2D eigenvalue weighted by atomic mass is 19.4. The van der Waals surface area contributed by atoms with Crippen molar-refractivity contribution in [2.75, 3.05) is 0 Å². The summed E-state index contributed by atoms with van der Waals surface area (Å²) in [5.74, 6) is 0. The van der Waals surface area contributed by atoms with Crippen molar-refractivity contribution in [2.45, 2.75) is 26.9 Å². The fourth-order valence-corrected chi connectivity index (χ4v) is 1.73. The quantitative estimate of drug-likeness (QED) is 0.756. The van der Waals surface area contributed by atoms with Gasteiger partial charge in [0.1, 0.15) is 0 Å². The van der Waals surface area contributed by atoms with Gasteiger partial charge in [0.15, 0.2) is 5.69 Å². The van der Waals surface area contributed by atoms with E-state index < -0.39 is 11.9 Å². The number of hydrogen-bond donors (Lipinski definition) is 0. The van der Waals surface area contributed by atoms with Gasteiger partial charge in [0.2, 0.25) is 0 Å². The van der Waals surface area contributed by atoms with Crippen LogP contribution in [0.5, 0.6) is 0 Å². The minimum absolute atomic E-state index is 0.463. The topological polar surface area (TPSA) is 17.8 Å². The van der Waals surface area contributed by atoms with Crippen LogP contribution in [0, 0.1) is 20.8 Å². The molecule has 2 nitrogen and oxygen atoms in total. The molecular weight excluding hydrogens is 241 g/mol. The maximum absolute atomic E-state index is 12.6. The summed E-state index contributed by atoms with van der Waals surface area (Å²) in [6.45, 7) is 5.48. The summed E-state index contributed by atoms with van der Waals surface area (Å²) in [6.07, 6.45) is -4.41. The number of halogens is 3. The van der Waals surface area contributed by atoms with Crippen molar-refractivity contribution in [1.29, 1.82) is 0 Å². The molecule has 1 heterocycles. The highest BCUT2D eigenvalue weighted by molar-refractivity contribution is 5.40. The number of nitrogens with zero attached hydrogens (tertiary/aromatic N) is 2. The molecule has 2 aromatic rings. The van der Waals surface area contributed by atoms with Crippen LogP contribution in [0.2, 0.25) is 0 Å². The Bertz CT molecular complexity index is 582. The van der Waals surface area contributed by atoms with Gasteiger partial charge in [-0.2, -0.15) is 18.3 Å². The number of benzene rings is 1. The van der Waals surface area contributed by atoms with Gasteiger partial charge in [0.05, 0.1) is 5.69 Å². The summed E-state index contributed by atoms with van der Waals surface area (Å²) in [5.41, 5.74) is 2.37. The fraction of sp³-hybridized carbons (Fsp3) is 0.308. The molecule has 1 aromatic heterocycles. The van der Waals surface area contributed by atoms with E-state index in [9.17, 15) is 13.2 Å². The summed E-state index contributed by atoms with van der Waals surface area (Å²) < 4.78 is 39.0. The van der Waals surface area contributed by atoms with Gasteiger partial charge < -0.3 is 0 Å². The summed E-state index contributed by atoms with van der Waals surface area (Å²) in [5, 5.41) is 3.61. The minimum Gasteiger partial charge on any atom is -0.238 e. The Morgan fingerprint density at radius 2 is 1.67 bits per heavy atom. The minimum atomic E-state index is -4.41. The van der Waals surface area contributed by atoms with Crippen molar-refractivity contribution in [2.24, 2.45) is 0 Å². The van der Waals surface area contributed by atoms with E-state index in [0.717, 1.165) is 17.2 Å². The Balaban J connectivity index is 2.51. The maximum Gasteiger partial charge on any atom is 0.435 e. The SMILES string of the molecule is Cc1ccc(-n2nc(C(F)(F)F)cc2C)cc1C. The number of rotatable bonds is 1. The first-order chi connectivity index (χ1) is 8.29. The Hall–Kier alpha value is -1.78. The van der Waals surface area contributed by atoms with Crippen LogP contribution in [-0.4, -0.2) is 9.78 Å². The van der Waals surface area contributed by atoms with Crippen molar-refractivity contribution >= 4 is 0 Å². The molecule has 0 spiro atoms. The Morgan fingerprint density at radius 1 is 1.00 bits per heavy atom. The number of aromatic nitrogens is 2. The van der Waals surface area contributed by atoms with Gasteiger partial charge in [-0.3, -0.25) is 0 Å². The molecule has 96 valence electrons.